The normalized spacial score (nSPS) is 10.6. The zero-order chi connectivity index (χ0) is 15.8. The Balaban J connectivity index is 2.69. The Morgan fingerprint density at radius 2 is 1.62 bits per heavy atom. The van der Waals surface area contributed by atoms with E-state index in [0.29, 0.717) is 6.54 Å². The van der Waals surface area contributed by atoms with Gasteiger partial charge in [0.05, 0.1) is 0 Å². The van der Waals surface area contributed by atoms with Crippen LogP contribution in [0.5, 0.6) is 0 Å². The average Bonchev–Trinajstić information content (AvgIpc) is 2.49. The molecule has 0 fully saturated rings. The van der Waals surface area contributed by atoms with Crippen LogP contribution in [0, 0.1) is 4.91 Å². The van der Waals surface area contributed by atoms with Crippen LogP contribution in [-0.4, -0.2) is 15.7 Å². The first-order valence-electron chi connectivity index (χ1n) is 7.41. The second-order valence-electron chi connectivity index (χ2n) is 5.19. The van der Waals surface area contributed by atoms with Crippen molar-refractivity contribution < 1.29 is 0 Å². The van der Waals surface area contributed by atoms with E-state index in [9.17, 15) is 14.5 Å². The number of nitrogens with one attached hydrogen (secondary N) is 1. The van der Waals surface area contributed by atoms with Crippen molar-refractivity contribution in [2.45, 2.75) is 45.4 Å². The van der Waals surface area contributed by atoms with Crippen LogP contribution in [0.1, 0.15) is 45.4 Å². The van der Waals surface area contributed by atoms with Crippen molar-refractivity contribution in [1.82, 2.24) is 9.13 Å². The Kier molecular flexibility index (Phi) is 6.84. The van der Waals surface area contributed by atoms with Gasteiger partial charge in [-0.15, -0.1) is 4.91 Å². The topological polar surface area (TPSA) is 85.5 Å². The molecule has 0 spiro atoms. The Bertz CT molecular complexity index is 589. The maximum Gasteiger partial charge on any atom is 0.332 e. The number of hydrogen-bond donors (Lipinski definition) is 1. The predicted molar refractivity (Wildman–Crippen MR) is 84.2 cm³/mol. The maximum atomic E-state index is 11.8. The van der Waals surface area contributed by atoms with Crippen molar-refractivity contribution in [3.05, 3.63) is 25.7 Å². The maximum absolute atomic E-state index is 11.8. The largest absolute Gasteiger partial charge is 0.369 e. The zero-order valence-electron chi connectivity index (χ0n) is 13.0. The minimum absolute atomic E-state index is 0.201. The van der Waals surface area contributed by atoms with Gasteiger partial charge in [0.2, 0.25) is 5.69 Å². The fraction of sp³-hybridized carbons (Fsp3) is 0.714. The van der Waals surface area contributed by atoms with Crippen LogP contribution in [0.3, 0.4) is 0 Å². The molecule has 0 aromatic carbocycles. The highest BCUT2D eigenvalue weighted by molar-refractivity contribution is 5.59. The lowest BCUT2D eigenvalue weighted by Crippen LogP contribution is -2.38. The molecule has 1 N–H and O–H groups in total. The van der Waals surface area contributed by atoms with Crippen molar-refractivity contribution in [3.63, 3.8) is 0 Å². The lowest BCUT2D eigenvalue weighted by Gasteiger charge is -2.13. The number of aromatic nitrogens is 2. The summed E-state index contributed by atoms with van der Waals surface area (Å²) < 4.78 is 2.13. The summed E-state index contributed by atoms with van der Waals surface area (Å²) in [7, 11) is 2.84. The molecule has 0 aliphatic carbocycles. The molecule has 1 aromatic rings. The van der Waals surface area contributed by atoms with Crippen LogP contribution >= 0.6 is 0 Å². The summed E-state index contributed by atoms with van der Waals surface area (Å²) >= 11 is 0. The van der Waals surface area contributed by atoms with Gasteiger partial charge in [0, 0.05) is 20.6 Å². The number of nitrogens with zero attached hydrogens (tertiary/aromatic N) is 3. The molecule has 1 heterocycles. The molecule has 0 radical (unpaired) electrons. The molecule has 0 aliphatic rings. The molecular weight excluding hydrogens is 272 g/mol. The van der Waals surface area contributed by atoms with Crippen LogP contribution in [0.25, 0.3) is 0 Å². The van der Waals surface area contributed by atoms with E-state index >= 15 is 0 Å². The van der Waals surface area contributed by atoms with Crippen molar-refractivity contribution >= 4 is 11.5 Å². The molecule has 0 aliphatic heterocycles. The molecule has 21 heavy (non-hydrogen) atoms. The zero-order valence-corrected chi connectivity index (χ0v) is 13.0. The summed E-state index contributed by atoms with van der Waals surface area (Å²) in [5.41, 5.74) is -1.39. The highest BCUT2D eigenvalue weighted by Crippen LogP contribution is 2.17. The van der Waals surface area contributed by atoms with Crippen LogP contribution in [0.2, 0.25) is 0 Å². The number of anilines is 1. The van der Waals surface area contributed by atoms with Gasteiger partial charge in [-0.2, -0.15) is 0 Å². The molecule has 7 heteroatoms. The van der Waals surface area contributed by atoms with Crippen molar-refractivity contribution in [2.24, 2.45) is 19.3 Å². The van der Waals surface area contributed by atoms with Gasteiger partial charge >= 0.3 is 5.69 Å². The fourth-order valence-corrected chi connectivity index (χ4v) is 2.22. The SMILES string of the molecule is CCCCCCCCNc1c(N=O)c(=O)n(C)c(=O)n1C. The second kappa shape index (κ2) is 8.39. The Labute approximate surface area is 124 Å². The summed E-state index contributed by atoms with van der Waals surface area (Å²) in [4.78, 5) is 34.5. The molecule has 1 rings (SSSR count). The van der Waals surface area contributed by atoms with E-state index in [-0.39, 0.29) is 11.5 Å². The minimum atomic E-state index is -0.668. The molecule has 0 saturated carbocycles. The van der Waals surface area contributed by atoms with E-state index in [1.54, 1.807) is 0 Å². The third-order valence-electron chi connectivity index (χ3n) is 3.55. The first kappa shape index (κ1) is 17.1. The molecule has 1 aromatic heterocycles. The van der Waals surface area contributed by atoms with Gasteiger partial charge in [-0.1, -0.05) is 39.0 Å². The van der Waals surface area contributed by atoms with Crippen LogP contribution in [0.15, 0.2) is 14.8 Å². The van der Waals surface area contributed by atoms with Gasteiger partial charge in [0.1, 0.15) is 5.82 Å². The fourth-order valence-electron chi connectivity index (χ4n) is 2.22. The summed E-state index contributed by atoms with van der Waals surface area (Å²) in [6.07, 6.45) is 6.85. The van der Waals surface area contributed by atoms with E-state index in [0.717, 1.165) is 17.4 Å². The number of hydrogen-bond acceptors (Lipinski definition) is 5. The molecule has 0 saturated heterocycles. The highest BCUT2D eigenvalue weighted by Gasteiger charge is 2.15. The van der Waals surface area contributed by atoms with Crippen molar-refractivity contribution in [3.8, 4) is 0 Å². The van der Waals surface area contributed by atoms with Gasteiger partial charge in [-0.05, 0) is 11.6 Å². The van der Waals surface area contributed by atoms with Crippen molar-refractivity contribution in [2.75, 3.05) is 11.9 Å². The van der Waals surface area contributed by atoms with Crippen LogP contribution < -0.4 is 16.6 Å². The third-order valence-corrected chi connectivity index (χ3v) is 3.55. The van der Waals surface area contributed by atoms with Gasteiger partial charge < -0.3 is 5.32 Å². The van der Waals surface area contributed by atoms with Gasteiger partial charge in [0.15, 0.2) is 0 Å². The third kappa shape index (κ3) is 4.27. The standard InChI is InChI=1S/C14H24N4O3/c1-4-5-6-7-8-9-10-15-12-11(16-21)13(19)18(3)14(20)17(12)2/h15H,4-10H2,1-3H3. The lowest BCUT2D eigenvalue weighted by molar-refractivity contribution is 0.614. The molecule has 0 atom stereocenters. The van der Waals surface area contributed by atoms with Gasteiger partial charge in [-0.25, -0.2) is 4.79 Å². The van der Waals surface area contributed by atoms with Gasteiger partial charge in [0.25, 0.3) is 5.56 Å². The molecule has 0 unspecified atom stereocenters. The van der Waals surface area contributed by atoms with Crippen molar-refractivity contribution in [1.29, 1.82) is 0 Å². The minimum Gasteiger partial charge on any atom is -0.369 e. The van der Waals surface area contributed by atoms with Gasteiger partial charge in [-0.3, -0.25) is 13.9 Å². The molecule has 118 valence electrons. The number of rotatable bonds is 9. The number of nitroso groups, excluding NO2 is 1. The molecule has 0 amide bonds. The first-order valence-corrected chi connectivity index (χ1v) is 7.41. The summed E-state index contributed by atoms with van der Waals surface area (Å²) in [5.74, 6) is 0.201. The van der Waals surface area contributed by atoms with E-state index in [4.69, 9.17) is 0 Å². The van der Waals surface area contributed by atoms with E-state index < -0.39 is 11.2 Å². The molecule has 7 nitrogen and oxygen atoms in total. The lowest BCUT2D eigenvalue weighted by atomic mass is 10.1. The van der Waals surface area contributed by atoms with Crippen LogP contribution in [-0.2, 0) is 14.1 Å². The summed E-state index contributed by atoms with van der Waals surface area (Å²) in [6.45, 7) is 2.78. The average molecular weight is 296 g/mol. The second-order valence-corrected chi connectivity index (χ2v) is 5.19. The Morgan fingerprint density at radius 3 is 2.24 bits per heavy atom. The molecule has 0 bridgehead atoms. The Morgan fingerprint density at radius 1 is 1.00 bits per heavy atom. The molecular formula is C14H24N4O3. The summed E-state index contributed by atoms with van der Waals surface area (Å²) in [6, 6.07) is 0. The van der Waals surface area contributed by atoms with E-state index in [1.807, 2.05) is 0 Å². The first-order chi connectivity index (χ1) is 10.0. The smallest absolute Gasteiger partial charge is 0.332 e. The Hall–Kier alpha value is -1.92. The highest BCUT2D eigenvalue weighted by atomic mass is 16.3. The van der Waals surface area contributed by atoms with E-state index in [2.05, 4.69) is 17.4 Å². The quantitative estimate of drug-likeness (QED) is 0.559. The predicted octanol–water partition coefficient (Wildman–Crippen LogP) is 2.25. The van der Waals surface area contributed by atoms with Crippen LogP contribution in [0.4, 0.5) is 11.5 Å². The monoisotopic (exact) mass is 296 g/mol. The summed E-state index contributed by atoms with van der Waals surface area (Å²) in [5, 5.41) is 5.75. The number of unbranched alkanes of at least 4 members (excludes halogenated alkanes) is 5. The van der Waals surface area contributed by atoms with E-state index in [1.165, 1.54) is 44.3 Å².